The Morgan fingerprint density at radius 3 is 2.58 bits per heavy atom. The molecule has 33 heavy (non-hydrogen) atoms. The average molecular weight is 473 g/mol. The molecule has 2 aliphatic rings. The number of hydrogen-bond donors (Lipinski definition) is 6. The molecule has 5 rings (SSSR count). The van der Waals surface area contributed by atoms with Crippen molar-refractivity contribution in [1.82, 2.24) is 19.9 Å². The highest BCUT2D eigenvalue weighted by Crippen LogP contribution is 2.41. The Kier molecular flexibility index (Phi) is 5.49. The van der Waals surface area contributed by atoms with Gasteiger partial charge in [0.25, 0.3) is 0 Å². The molecule has 3 aromatic rings. The van der Waals surface area contributed by atoms with E-state index in [4.69, 9.17) is 4.98 Å². The molecule has 0 saturated heterocycles. The van der Waals surface area contributed by atoms with Crippen molar-refractivity contribution in [3.63, 3.8) is 0 Å². The van der Waals surface area contributed by atoms with E-state index in [0.29, 0.717) is 41.0 Å². The predicted octanol–water partition coefficient (Wildman–Crippen LogP) is 1.57. The smallest absolute Gasteiger partial charge is 0.225 e. The number of hydrogen-bond acceptors (Lipinski definition) is 11. The van der Waals surface area contributed by atoms with E-state index in [-0.39, 0.29) is 13.0 Å². The average Bonchev–Trinajstić information content (AvgIpc) is 3.23. The van der Waals surface area contributed by atoms with Crippen LogP contribution in [0.2, 0.25) is 0 Å². The third-order valence-electron chi connectivity index (χ3n) is 6.60. The monoisotopic (exact) mass is 472 g/mol. The first-order chi connectivity index (χ1) is 15.7. The molecule has 10 nitrogen and oxygen atoms in total. The van der Waals surface area contributed by atoms with Crippen LogP contribution in [0, 0.1) is 19.8 Å². The second-order valence-corrected chi connectivity index (χ2v) is 10.2. The zero-order chi connectivity index (χ0) is 23.4. The lowest BCUT2D eigenvalue weighted by Crippen LogP contribution is -2.48. The Hall–Kier alpha value is -2.44. The van der Waals surface area contributed by atoms with Crippen LogP contribution in [0.25, 0.3) is 20.8 Å². The van der Waals surface area contributed by atoms with Crippen LogP contribution in [-0.4, -0.2) is 70.9 Å². The number of anilines is 2. The van der Waals surface area contributed by atoms with Gasteiger partial charge >= 0.3 is 0 Å². The van der Waals surface area contributed by atoms with Crippen molar-refractivity contribution in [2.24, 2.45) is 5.92 Å². The van der Waals surface area contributed by atoms with Crippen LogP contribution in [-0.2, 0) is 0 Å². The van der Waals surface area contributed by atoms with Gasteiger partial charge in [-0.25, -0.2) is 9.97 Å². The van der Waals surface area contributed by atoms with E-state index in [1.807, 2.05) is 19.9 Å². The van der Waals surface area contributed by atoms with Gasteiger partial charge in [0.2, 0.25) is 5.95 Å². The maximum atomic E-state index is 11.2. The molecule has 3 heterocycles. The van der Waals surface area contributed by atoms with Gasteiger partial charge in [-0.3, -0.25) is 4.98 Å². The summed E-state index contributed by atoms with van der Waals surface area (Å²) in [7, 11) is 0. The van der Waals surface area contributed by atoms with E-state index in [2.05, 4.69) is 25.6 Å². The molecule has 2 aliphatic carbocycles. The molecule has 2 saturated carbocycles. The summed E-state index contributed by atoms with van der Waals surface area (Å²) in [5, 5.41) is 48.4. The summed E-state index contributed by atoms with van der Waals surface area (Å²) in [6.07, 6.45) is 2.78. The van der Waals surface area contributed by atoms with Crippen molar-refractivity contribution in [2.45, 2.75) is 57.0 Å². The molecule has 0 aromatic carbocycles. The highest BCUT2D eigenvalue weighted by molar-refractivity contribution is 7.21. The van der Waals surface area contributed by atoms with Crippen LogP contribution < -0.4 is 10.6 Å². The minimum Gasteiger partial charge on any atom is -0.396 e. The van der Waals surface area contributed by atoms with E-state index < -0.39 is 23.3 Å². The first-order valence-corrected chi connectivity index (χ1v) is 11.9. The van der Waals surface area contributed by atoms with Gasteiger partial charge in [0.05, 0.1) is 27.3 Å². The SMILES string of the molecule is Cc1nc(NCC2(O)CC2)nc(NC2(O)CCC(CO)C2O)c1-c1nc2c(C)nccc2s1. The molecule has 0 aliphatic heterocycles. The molecule has 0 amide bonds. The molecular weight excluding hydrogens is 444 g/mol. The van der Waals surface area contributed by atoms with Crippen molar-refractivity contribution >= 4 is 33.3 Å². The fourth-order valence-electron chi connectivity index (χ4n) is 4.29. The fourth-order valence-corrected chi connectivity index (χ4v) is 5.40. The summed E-state index contributed by atoms with van der Waals surface area (Å²) in [5.74, 6) is 0.220. The summed E-state index contributed by atoms with van der Waals surface area (Å²) >= 11 is 1.47. The lowest BCUT2D eigenvalue weighted by atomic mass is 10.0. The van der Waals surface area contributed by atoms with Crippen molar-refractivity contribution < 1.29 is 20.4 Å². The number of aryl methyl sites for hydroxylation is 2. The first kappa shape index (κ1) is 22.4. The van der Waals surface area contributed by atoms with E-state index in [0.717, 1.165) is 28.8 Å². The molecule has 0 bridgehead atoms. The second-order valence-electron chi connectivity index (χ2n) is 9.17. The lowest BCUT2D eigenvalue weighted by molar-refractivity contribution is -0.0545. The molecular formula is C22H28N6O4S. The summed E-state index contributed by atoms with van der Waals surface area (Å²) in [6.45, 7) is 3.85. The van der Waals surface area contributed by atoms with Crippen molar-refractivity contribution in [1.29, 1.82) is 0 Å². The van der Waals surface area contributed by atoms with E-state index in [1.165, 1.54) is 11.3 Å². The number of pyridine rings is 1. The number of aliphatic hydroxyl groups is 4. The Labute approximate surface area is 194 Å². The number of rotatable bonds is 7. The number of fused-ring (bicyclic) bond motifs is 1. The molecule has 11 heteroatoms. The number of nitrogens with one attached hydrogen (secondary N) is 2. The summed E-state index contributed by atoms with van der Waals surface area (Å²) in [4.78, 5) is 18.3. The van der Waals surface area contributed by atoms with Crippen LogP contribution >= 0.6 is 11.3 Å². The van der Waals surface area contributed by atoms with Crippen LogP contribution in [0.15, 0.2) is 12.3 Å². The molecule has 0 radical (unpaired) electrons. The van der Waals surface area contributed by atoms with Crippen LogP contribution in [0.4, 0.5) is 11.8 Å². The summed E-state index contributed by atoms with van der Waals surface area (Å²) < 4.78 is 0.973. The molecule has 6 N–H and O–H groups in total. The van der Waals surface area contributed by atoms with Crippen LogP contribution in [0.3, 0.4) is 0 Å². The highest BCUT2D eigenvalue weighted by Gasteiger charge is 2.47. The minimum atomic E-state index is -1.65. The number of nitrogens with zero attached hydrogens (tertiary/aromatic N) is 4. The third kappa shape index (κ3) is 4.15. The third-order valence-corrected chi connectivity index (χ3v) is 7.64. The Morgan fingerprint density at radius 2 is 1.91 bits per heavy atom. The Balaban J connectivity index is 1.57. The maximum absolute atomic E-state index is 11.2. The Bertz CT molecular complexity index is 1200. The highest BCUT2D eigenvalue weighted by atomic mass is 32.1. The van der Waals surface area contributed by atoms with Gasteiger partial charge in [0.15, 0.2) is 5.72 Å². The molecule has 0 spiro atoms. The van der Waals surface area contributed by atoms with Gasteiger partial charge in [-0.1, -0.05) is 0 Å². The molecule has 3 aromatic heterocycles. The zero-order valence-corrected chi connectivity index (χ0v) is 19.4. The minimum absolute atomic E-state index is 0.212. The normalized spacial score (nSPS) is 26.0. The quantitative estimate of drug-likeness (QED) is 0.279. The zero-order valence-electron chi connectivity index (χ0n) is 18.5. The lowest BCUT2D eigenvalue weighted by Gasteiger charge is -2.31. The molecule has 3 unspecified atom stereocenters. The predicted molar refractivity (Wildman–Crippen MR) is 125 cm³/mol. The topological polar surface area (TPSA) is 157 Å². The standard InChI is InChI=1S/C22H28N6O4S/c1-11-15(19-26-16-12(2)23-8-4-14(16)33-19)18(27-20(25-11)24-10-21(31)6-7-21)28-22(32)5-3-13(9-29)17(22)30/h4,8,13,17,29-32H,3,5-7,9-10H2,1-2H3,(H2,24,25,27,28). The van der Waals surface area contributed by atoms with Crippen molar-refractivity contribution in [2.75, 3.05) is 23.8 Å². The van der Waals surface area contributed by atoms with Gasteiger partial charge in [0, 0.05) is 25.3 Å². The van der Waals surface area contributed by atoms with Gasteiger partial charge < -0.3 is 31.1 Å². The summed E-state index contributed by atoms with van der Waals surface area (Å²) in [6, 6.07) is 1.90. The van der Waals surface area contributed by atoms with Gasteiger partial charge in [-0.15, -0.1) is 11.3 Å². The van der Waals surface area contributed by atoms with Gasteiger partial charge in [0.1, 0.15) is 22.4 Å². The van der Waals surface area contributed by atoms with Gasteiger partial charge in [-0.05, 0) is 45.6 Å². The molecule has 176 valence electrons. The first-order valence-electron chi connectivity index (χ1n) is 11.1. The largest absolute Gasteiger partial charge is 0.396 e. The fraction of sp³-hybridized carbons (Fsp3) is 0.545. The van der Waals surface area contributed by atoms with E-state index >= 15 is 0 Å². The summed E-state index contributed by atoms with van der Waals surface area (Å²) in [5.41, 5.74) is 0.491. The number of aliphatic hydroxyl groups excluding tert-OH is 2. The van der Waals surface area contributed by atoms with E-state index in [9.17, 15) is 20.4 Å². The molecule has 2 fully saturated rings. The van der Waals surface area contributed by atoms with Crippen molar-refractivity contribution in [3.05, 3.63) is 23.7 Å². The van der Waals surface area contributed by atoms with Crippen LogP contribution in [0.5, 0.6) is 0 Å². The van der Waals surface area contributed by atoms with Crippen molar-refractivity contribution in [3.8, 4) is 10.6 Å². The number of thiazole rings is 1. The Morgan fingerprint density at radius 1 is 1.12 bits per heavy atom. The second kappa shape index (κ2) is 8.10. The number of aromatic nitrogens is 4. The van der Waals surface area contributed by atoms with E-state index in [1.54, 1.807) is 6.20 Å². The van der Waals surface area contributed by atoms with Crippen LogP contribution in [0.1, 0.15) is 37.1 Å². The van der Waals surface area contributed by atoms with Gasteiger partial charge in [-0.2, -0.15) is 4.98 Å². The molecule has 3 atom stereocenters. The maximum Gasteiger partial charge on any atom is 0.225 e.